The van der Waals surface area contributed by atoms with Crippen LogP contribution in [0.3, 0.4) is 0 Å². The maximum absolute atomic E-state index is 11.3. The van der Waals surface area contributed by atoms with Crippen LogP contribution in [-0.4, -0.2) is 14.3 Å². The summed E-state index contributed by atoms with van der Waals surface area (Å²) in [5.74, 6) is 0. The first kappa shape index (κ1) is 19.0. The fourth-order valence-corrected chi connectivity index (χ4v) is 2.97. The molecule has 2 nitrogen and oxygen atoms in total. The van der Waals surface area contributed by atoms with Gasteiger partial charge >= 0.3 is 0 Å². The number of thiocarbonyl (C=S) groups is 1. The molecule has 0 fully saturated rings. The van der Waals surface area contributed by atoms with E-state index < -0.39 is 0 Å². The van der Waals surface area contributed by atoms with Crippen LogP contribution >= 0.6 is 24.0 Å². The first-order valence-corrected chi connectivity index (χ1v) is 7.93. The molecule has 0 saturated carbocycles. The number of benzene rings is 2. The predicted octanol–water partition coefficient (Wildman–Crippen LogP) is 4.25. The van der Waals surface area contributed by atoms with Crippen molar-refractivity contribution in [1.82, 2.24) is 4.90 Å². The quantitative estimate of drug-likeness (QED) is 0.583. The summed E-state index contributed by atoms with van der Waals surface area (Å²) in [6, 6.07) is 20.3. The Balaban J connectivity index is 0.00000242. The molecule has 2 rings (SSSR count). The third-order valence-electron chi connectivity index (χ3n) is 2.92. The van der Waals surface area contributed by atoms with E-state index in [0.717, 1.165) is 11.8 Å². The molecular formula is C17H17NOS2Zn. The van der Waals surface area contributed by atoms with Gasteiger partial charge in [-0.05, 0) is 22.9 Å². The van der Waals surface area contributed by atoms with Crippen molar-refractivity contribution in [2.45, 2.75) is 20.0 Å². The third kappa shape index (κ3) is 6.39. The molecule has 2 aromatic carbocycles. The number of thioether (sulfide) groups is 1. The molecule has 22 heavy (non-hydrogen) atoms. The molecule has 0 aliphatic heterocycles. The van der Waals surface area contributed by atoms with Crippen molar-refractivity contribution >= 4 is 33.4 Å². The SMILES string of the molecule is CC(=O)SC(=S)N(Cc1ccccc1)Cc1ccccc1.[Zn]. The van der Waals surface area contributed by atoms with Crippen molar-refractivity contribution in [3.8, 4) is 0 Å². The van der Waals surface area contributed by atoms with Crippen molar-refractivity contribution in [2.75, 3.05) is 0 Å². The van der Waals surface area contributed by atoms with Gasteiger partial charge in [-0.1, -0.05) is 72.9 Å². The van der Waals surface area contributed by atoms with Gasteiger partial charge in [-0.15, -0.1) is 0 Å². The second kappa shape index (κ2) is 9.88. The summed E-state index contributed by atoms with van der Waals surface area (Å²) in [5.41, 5.74) is 2.36. The fraction of sp³-hybridized carbons (Fsp3) is 0.176. The topological polar surface area (TPSA) is 20.3 Å². The summed E-state index contributed by atoms with van der Waals surface area (Å²) in [7, 11) is 0. The van der Waals surface area contributed by atoms with E-state index in [0.29, 0.717) is 17.4 Å². The minimum Gasteiger partial charge on any atom is -0.349 e. The maximum Gasteiger partial charge on any atom is 0.192 e. The molecule has 0 aliphatic rings. The van der Waals surface area contributed by atoms with Gasteiger partial charge in [-0.25, -0.2) is 0 Å². The van der Waals surface area contributed by atoms with Crippen molar-refractivity contribution in [2.24, 2.45) is 0 Å². The van der Waals surface area contributed by atoms with Crippen LogP contribution in [0.2, 0.25) is 0 Å². The smallest absolute Gasteiger partial charge is 0.192 e. The molecule has 0 N–H and O–H groups in total. The summed E-state index contributed by atoms with van der Waals surface area (Å²) < 4.78 is 0.621. The van der Waals surface area contributed by atoms with Crippen LogP contribution in [-0.2, 0) is 37.4 Å². The van der Waals surface area contributed by atoms with Crippen LogP contribution in [0.4, 0.5) is 0 Å². The van der Waals surface area contributed by atoms with Crippen molar-refractivity contribution < 1.29 is 24.3 Å². The molecule has 0 amide bonds. The normalized spacial score (nSPS) is 9.68. The minimum absolute atomic E-state index is 0. The Morgan fingerprint density at radius 1 is 0.955 bits per heavy atom. The molecule has 0 radical (unpaired) electrons. The van der Waals surface area contributed by atoms with E-state index in [1.807, 2.05) is 36.4 Å². The maximum atomic E-state index is 11.3. The Labute approximate surface area is 154 Å². The summed E-state index contributed by atoms with van der Waals surface area (Å²) in [6.07, 6.45) is 0. The van der Waals surface area contributed by atoms with Gasteiger partial charge < -0.3 is 4.90 Å². The molecule has 0 heterocycles. The average molecular weight is 381 g/mol. The first-order chi connectivity index (χ1) is 10.1. The molecule has 0 bridgehead atoms. The Morgan fingerprint density at radius 2 is 1.36 bits per heavy atom. The minimum atomic E-state index is 0. The van der Waals surface area contributed by atoms with Gasteiger partial charge in [0.15, 0.2) is 5.12 Å². The molecule has 0 saturated heterocycles. The number of carbonyl (C=O) groups is 1. The van der Waals surface area contributed by atoms with Gasteiger partial charge in [0.1, 0.15) is 4.32 Å². The summed E-state index contributed by atoms with van der Waals surface area (Å²) in [5, 5.41) is 0.0196. The molecular weight excluding hydrogens is 364 g/mol. The van der Waals surface area contributed by atoms with Crippen LogP contribution in [0, 0.1) is 0 Å². The molecule has 0 atom stereocenters. The van der Waals surface area contributed by atoms with Crippen LogP contribution in [0.1, 0.15) is 18.1 Å². The van der Waals surface area contributed by atoms with Gasteiger partial charge in [-0.2, -0.15) is 0 Å². The Kier molecular flexibility index (Phi) is 8.54. The van der Waals surface area contributed by atoms with Gasteiger partial charge in [0.05, 0.1) is 0 Å². The van der Waals surface area contributed by atoms with E-state index >= 15 is 0 Å². The van der Waals surface area contributed by atoms with Gasteiger partial charge in [0.25, 0.3) is 0 Å². The molecule has 0 spiro atoms. The summed E-state index contributed by atoms with van der Waals surface area (Å²) in [6.45, 7) is 2.95. The van der Waals surface area contributed by atoms with Crippen LogP contribution < -0.4 is 0 Å². The number of carbonyl (C=O) groups excluding carboxylic acids is 1. The van der Waals surface area contributed by atoms with E-state index in [1.54, 1.807) is 6.92 Å². The van der Waals surface area contributed by atoms with Crippen molar-refractivity contribution in [3.63, 3.8) is 0 Å². The zero-order chi connectivity index (χ0) is 15.1. The van der Waals surface area contributed by atoms with Gasteiger partial charge in [0.2, 0.25) is 0 Å². The van der Waals surface area contributed by atoms with Gasteiger partial charge in [-0.3, -0.25) is 4.79 Å². The summed E-state index contributed by atoms with van der Waals surface area (Å²) in [4.78, 5) is 13.4. The fourth-order valence-electron chi connectivity index (χ4n) is 1.98. The van der Waals surface area contributed by atoms with E-state index in [2.05, 4.69) is 29.2 Å². The van der Waals surface area contributed by atoms with E-state index in [9.17, 15) is 4.79 Å². The Bertz CT molecular complexity index is 563. The Morgan fingerprint density at radius 3 is 1.73 bits per heavy atom. The number of rotatable bonds is 4. The molecule has 0 aliphatic carbocycles. The average Bonchev–Trinajstić information content (AvgIpc) is 2.48. The van der Waals surface area contributed by atoms with Crippen LogP contribution in [0.25, 0.3) is 0 Å². The van der Waals surface area contributed by atoms with Crippen LogP contribution in [0.15, 0.2) is 60.7 Å². The second-order valence-electron chi connectivity index (χ2n) is 4.69. The van der Waals surface area contributed by atoms with Crippen molar-refractivity contribution in [1.29, 1.82) is 0 Å². The molecule has 5 heteroatoms. The number of hydrogen-bond acceptors (Lipinski definition) is 3. The predicted molar refractivity (Wildman–Crippen MR) is 93.0 cm³/mol. The molecule has 0 aromatic heterocycles. The van der Waals surface area contributed by atoms with E-state index in [4.69, 9.17) is 12.2 Å². The largest absolute Gasteiger partial charge is 0.349 e. The standard InChI is InChI=1S/C17H17NOS2.Zn/c1-14(19)21-17(20)18(12-15-8-4-2-5-9-15)13-16-10-6-3-7-11-16;/h2-11H,12-13H2,1H3;. The monoisotopic (exact) mass is 379 g/mol. The van der Waals surface area contributed by atoms with Gasteiger partial charge in [0, 0.05) is 39.5 Å². The van der Waals surface area contributed by atoms with E-state index in [-0.39, 0.29) is 24.6 Å². The number of hydrogen-bond donors (Lipinski definition) is 0. The molecule has 0 unspecified atom stereocenters. The summed E-state index contributed by atoms with van der Waals surface area (Å²) >= 11 is 6.54. The van der Waals surface area contributed by atoms with Crippen molar-refractivity contribution in [3.05, 3.63) is 71.8 Å². The third-order valence-corrected chi connectivity index (χ3v) is 4.15. The molecule has 2 aromatic rings. The molecule has 110 valence electrons. The van der Waals surface area contributed by atoms with Crippen LogP contribution in [0.5, 0.6) is 0 Å². The first-order valence-electron chi connectivity index (χ1n) is 6.70. The zero-order valence-corrected chi connectivity index (χ0v) is 17.2. The second-order valence-corrected chi connectivity index (χ2v) is 6.50. The number of nitrogens with zero attached hydrogens (tertiary/aromatic N) is 1. The Hall–Kier alpha value is -1.03. The van der Waals surface area contributed by atoms with E-state index in [1.165, 1.54) is 11.1 Å². The zero-order valence-electron chi connectivity index (χ0n) is 12.6.